The van der Waals surface area contributed by atoms with Crippen molar-refractivity contribution in [2.24, 2.45) is 0 Å². The molecule has 8 heteroatoms. The zero-order valence-electron chi connectivity index (χ0n) is 11.0. The first-order chi connectivity index (χ1) is 9.82. The number of aryl methyl sites for hydroxylation is 1. The summed E-state index contributed by atoms with van der Waals surface area (Å²) < 4.78 is 45.1. The quantitative estimate of drug-likeness (QED) is 0.940. The molecule has 0 saturated heterocycles. The lowest BCUT2D eigenvalue weighted by Crippen LogP contribution is -2.16. The lowest BCUT2D eigenvalue weighted by atomic mass is 10.3. The highest BCUT2D eigenvalue weighted by Gasteiger charge is 2.30. The van der Waals surface area contributed by atoms with E-state index >= 15 is 0 Å². The first-order valence-electron chi connectivity index (χ1n) is 5.90. The highest BCUT2D eigenvalue weighted by Crippen LogP contribution is 2.24. The van der Waals surface area contributed by atoms with E-state index in [1.807, 2.05) is 0 Å². The van der Waals surface area contributed by atoms with E-state index < -0.39 is 6.36 Å². The van der Waals surface area contributed by atoms with Crippen LogP contribution in [0.5, 0.6) is 11.5 Å². The minimum Gasteiger partial charge on any atom is -0.486 e. The van der Waals surface area contributed by atoms with Gasteiger partial charge in [0.25, 0.3) is 0 Å². The Hall–Kier alpha value is -2.51. The van der Waals surface area contributed by atoms with Crippen LogP contribution in [0.15, 0.2) is 30.3 Å². The molecule has 2 N–H and O–H groups in total. The van der Waals surface area contributed by atoms with Crippen molar-refractivity contribution in [2.45, 2.75) is 19.9 Å². The van der Waals surface area contributed by atoms with Crippen LogP contribution in [0.3, 0.4) is 0 Å². The molecule has 1 aromatic carbocycles. The SMILES string of the molecule is Cc1cc(N)nc(COc2ccc(OC(F)(F)F)cc2)n1. The van der Waals surface area contributed by atoms with Crippen molar-refractivity contribution in [1.82, 2.24) is 9.97 Å². The van der Waals surface area contributed by atoms with Gasteiger partial charge in [-0.1, -0.05) is 0 Å². The Morgan fingerprint density at radius 3 is 2.29 bits per heavy atom. The van der Waals surface area contributed by atoms with Crippen LogP contribution in [0.1, 0.15) is 11.5 Å². The summed E-state index contributed by atoms with van der Waals surface area (Å²) in [6.45, 7) is 1.83. The van der Waals surface area contributed by atoms with E-state index in [2.05, 4.69) is 14.7 Å². The molecule has 0 amide bonds. The standard InChI is InChI=1S/C13H12F3N3O2/c1-8-6-11(17)19-12(18-8)7-20-9-2-4-10(5-3-9)21-13(14,15)16/h2-6H,7H2,1H3,(H2,17,18,19). The Morgan fingerprint density at radius 2 is 1.71 bits per heavy atom. The van der Waals surface area contributed by atoms with Crippen LogP contribution < -0.4 is 15.2 Å². The zero-order chi connectivity index (χ0) is 15.5. The summed E-state index contributed by atoms with van der Waals surface area (Å²) >= 11 is 0. The van der Waals surface area contributed by atoms with Gasteiger partial charge in [-0.25, -0.2) is 9.97 Å². The molecule has 2 rings (SSSR count). The molecule has 1 aromatic heterocycles. The average Bonchev–Trinajstić information content (AvgIpc) is 2.35. The summed E-state index contributed by atoms with van der Waals surface area (Å²) in [5, 5.41) is 0. The molecular formula is C13H12F3N3O2. The van der Waals surface area contributed by atoms with Crippen LogP contribution in [-0.4, -0.2) is 16.3 Å². The lowest BCUT2D eigenvalue weighted by Gasteiger charge is -2.10. The summed E-state index contributed by atoms with van der Waals surface area (Å²) in [6, 6.07) is 6.66. The molecule has 0 fully saturated rings. The van der Waals surface area contributed by atoms with Crippen molar-refractivity contribution in [1.29, 1.82) is 0 Å². The summed E-state index contributed by atoms with van der Waals surface area (Å²) in [4.78, 5) is 8.11. The van der Waals surface area contributed by atoms with E-state index in [-0.39, 0.29) is 12.4 Å². The molecule has 0 atom stereocenters. The molecule has 0 radical (unpaired) electrons. The molecular weight excluding hydrogens is 287 g/mol. The van der Waals surface area contributed by atoms with E-state index in [4.69, 9.17) is 10.5 Å². The number of halogens is 3. The van der Waals surface area contributed by atoms with Gasteiger partial charge in [0.15, 0.2) is 5.82 Å². The van der Waals surface area contributed by atoms with E-state index in [1.165, 1.54) is 12.1 Å². The van der Waals surface area contributed by atoms with Crippen molar-refractivity contribution >= 4 is 5.82 Å². The minimum absolute atomic E-state index is 0.0609. The second-order valence-corrected chi connectivity index (χ2v) is 4.16. The van der Waals surface area contributed by atoms with Gasteiger partial charge in [0, 0.05) is 11.8 Å². The number of nitrogen functional groups attached to an aromatic ring is 1. The Morgan fingerprint density at radius 1 is 1.10 bits per heavy atom. The highest BCUT2D eigenvalue weighted by molar-refractivity contribution is 5.32. The summed E-state index contributed by atoms with van der Waals surface area (Å²) in [5.41, 5.74) is 6.28. The fourth-order valence-electron chi connectivity index (χ4n) is 1.61. The summed E-state index contributed by atoms with van der Waals surface area (Å²) in [5.74, 6) is 0.775. The number of anilines is 1. The van der Waals surface area contributed by atoms with E-state index in [0.29, 0.717) is 23.1 Å². The third-order valence-electron chi connectivity index (χ3n) is 2.35. The number of rotatable bonds is 4. The third kappa shape index (κ3) is 4.83. The Labute approximate surface area is 118 Å². The number of hydrogen-bond acceptors (Lipinski definition) is 5. The van der Waals surface area contributed by atoms with Crippen molar-refractivity contribution in [2.75, 3.05) is 5.73 Å². The number of benzene rings is 1. The lowest BCUT2D eigenvalue weighted by molar-refractivity contribution is -0.274. The number of aromatic nitrogens is 2. The maximum Gasteiger partial charge on any atom is 0.573 e. The van der Waals surface area contributed by atoms with Crippen LogP contribution in [0.25, 0.3) is 0 Å². The number of ether oxygens (including phenoxy) is 2. The fraction of sp³-hybridized carbons (Fsp3) is 0.231. The van der Waals surface area contributed by atoms with Gasteiger partial charge in [0.2, 0.25) is 0 Å². The maximum absolute atomic E-state index is 12.0. The molecule has 21 heavy (non-hydrogen) atoms. The number of nitrogens with zero attached hydrogens (tertiary/aromatic N) is 2. The largest absolute Gasteiger partial charge is 0.573 e. The molecule has 0 unspecified atom stereocenters. The van der Waals surface area contributed by atoms with Crippen molar-refractivity contribution < 1.29 is 22.6 Å². The Balaban J connectivity index is 1.97. The molecule has 0 spiro atoms. The Kier molecular flexibility index (Phi) is 4.15. The van der Waals surface area contributed by atoms with Gasteiger partial charge in [0.05, 0.1) is 0 Å². The summed E-state index contributed by atoms with van der Waals surface area (Å²) in [6.07, 6.45) is -4.71. The van der Waals surface area contributed by atoms with Crippen LogP contribution in [0.4, 0.5) is 19.0 Å². The van der Waals surface area contributed by atoms with Gasteiger partial charge in [0.1, 0.15) is 23.9 Å². The van der Waals surface area contributed by atoms with Gasteiger partial charge >= 0.3 is 6.36 Å². The molecule has 0 aliphatic rings. The molecule has 2 aromatic rings. The van der Waals surface area contributed by atoms with Gasteiger partial charge in [-0.2, -0.15) is 0 Å². The van der Waals surface area contributed by atoms with Gasteiger partial charge < -0.3 is 15.2 Å². The fourth-order valence-corrected chi connectivity index (χ4v) is 1.61. The topological polar surface area (TPSA) is 70.3 Å². The second kappa shape index (κ2) is 5.86. The van der Waals surface area contributed by atoms with E-state index in [1.54, 1.807) is 13.0 Å². The first kappa shape index (κ1) is 14.9. The maximum atomic E-state index is 12.0. The number of hydrogen-bond donors (Lipinski definition) is 1. The minimum atomic E-state index is -4.71. The molecule has 5 nitrogen and oxygen atoms in total. The monoisotopic (exact) mass is 299 g/mol. The summed E-state index contributed by atoms with van der Waals surface area (Å²) in [7, 11) is 0. The molecule has 0 saturated carbocycles. The zero-order valence-corrected chi connectivity index (χ0v) is 11.0. The third-order valence-corrected chi connectivity index (χ3v) is 2.35. The molecule has 0 aliphatic heterocycles. The van der Waals surface area contributed by atoms with Crippen molar-refractivity contribution in [3.63, 3.8) is 0 Å². The van der Waals surface area contributed by atoms with Crippen molar-refractivity contribution in [3.8, 4) is 11.5 Å². The predicted octanol–water partition coefficient (Wildman–Crippen LogP) is 2.84. The molecule has 0 bridgehead atoms. The van der Waals surface area contributed by atoms with Crippen LogP contribution >= 0.6 is 0 Å². The van der Waals surface area contributed by atoms with Gasteiger partial charge in [-0.05, 0) is 31.2 Å². The number of alkyl halides is 3. The molecule has 1 heterocycles. The van der Waals surface area contributed by atoms with Crippen LogP contribution in [-0.2, 0) is 6.61 Å². The van der Waals surface area contributed by atoms with Gasteiger partial charge in [-0.15, -0.1) is 13.2 Å². The highest BCUT2D eigenvalue weighted by atomic mass is 19.4. The van der Waals surface area contributed by atoms with Crippen molar-refractivity contribution in [3.05, 3.63) is 41.9 Å². The average molecular weight is 299 g/mol. The van der Waals surface area contributed by atoms with Crippen LogP contribution in [0.2, 0.25) is 0 Å². The smallest absolute Gasteiger partial charge is 0.486 e. The molecule has 0 aliphatic carbocycles. The molecule has 112 valence electrons. The van der Waals surface area contributed by atoms with E-state index in [0.717, 1.165) is 12.1 Å². The van der Waals surface area contributed by atoms with E-state index in [9.17, 15) is 13.2 Å². The second-order valence-electron chi connectivity index (χ2n) is 4.16. The van der Waals surface area contributed by atoms with Gasteiger partial charge in [-0.3, -0.25) is 0 Å². The number of nitrogens with two attached hydrogens (primary N) is 1. The van der Waals surface area contributed by atoms with Crippen LogP contribution in [0, 0.1) is 6.92 Å². The Bertz CT molecular complexity index is 595. The predicted molar refractivity (Wildman–Crippen MR) is 68.6 cm³/mol. The normalized spacial score (nSPS) is 11.2. The first-order valence-corrected chi connectivity index (χ1v) is 5.90.